The summed E-state index contributed by atoms with van der Waals surface area (Å²) in [5.41, 5.74) is 1.56. The van der Waals surface area contributed by atoms with Crippen molar-refractivity contribution in [1.29, 1.82) is 5.26 Å². The fraction of sp³-hybridized carbons (Fsp3) is 0.286. The number of carbonyl (C=O) groups is 2. The van der Waals surface area contributed by atoms with E-state index in [0.717, 1.165) is 12.0 Å². The average molecular weight is 364 g/mol. The Labute approximate surface area is 157 Å². The van der Waals surface area contributed by atoms with Crippen LogP contribution in [0, 0.1) is 17.2 Å². The normalized spacial score (nSPS) is 16.1. The highest BCUT2D eigenvalue weighted by atomic mass is 16.6. The summed E-state index contributed by atoms with van der Waals surface area (Å²) in [6.07, 6.45) is 0.893. The average Bonchev–Trinajstić information content (AvgIpc) is 3.08. The maximum Gasteiger partial charge on any atom is 0.316 e. The molecule has 1 fully saturated rings. The second kappa shape index (κ2) is 8.37. The first-order chi connectivity index (χ1) is 13.1. The van der Waals surface area contributed by atoms with E-state index in [-0.39, 0.29) is 18.1 Å². The van der Waals surface area contributed by atoms with Gasteiger partial charge in [0.15, 0.2) is 11.5 Å². The van der Waals surface area contributed by atoms with Gasteiger partial charge in [-0.3, -0.25) is 9.59 Å². The van der Waals surface area contributed by atoms with Crippen molar-refractivity contribution < 1.29 is 19.1 Å². The molecule has 6 nitrogen and oxygen atoms in total. The summed E-state index contributed by atoms with van der Waals surface area (Å²) in [4.78, 5) is 26.4. The summed E-state index contributed by atoms with van der Waals surface area (Å²) in [7, 11) is 1.44. The predicted octanol–water partition coefficient (Wildman–Crippen LogP) is 2.56. The fourth-order valence-electron chi connectivity index (χ4n) is 3.07. The number of ether oxygens (including phenoxy) is 2. The third-order valence-corrected chi connectivity index (χ3v) is 4.56. The van der Waals surface area contributed by atoms with E-state index in [1.165, 1.54) is 19.2 Å². The molecule has 1 saturated heterocycles. The molecule has 0 spiro atoms. The van der Waals surface area contributed by atoms with Crippen molar-refractivity contribution in [3.05, 3.63) is 59.7 Å². The van der Waals surface area contributed by atoms with E-state index in [1.807, 2.05) is 36.4 Å². The number of amides is 1. The Bertz CT molecular complexity index is 873. The topological polar surface area (TPSA) is 79.6 Å². The van der Waals surface area contributed by atoms with Gasteiger partial charge in [0.2, 0.25) is 5.91 Å². The number of benzene rings is 2. The SMILES string of the molecule is COc1cc(C#N)ccc1OC(=O)C1CC(=O)N(CCc2ccccc2)C1. The number of hydrogen-bond acceptors (Lipinski definition) is 5. The fourth-order valence-corrected chi connectivity index (χ4v) is 3.07. The molecule has 1 amide bonds. The van der Waals surface area contributed by atoms with Crippen molar-refractivity contribution >= 4 is 11.9 Å². The standard InChI is InChI=1S/C21H20N2O4/c1-26-19-11-16(13-22)7-8-18(19)27-21(25)17-12-20(24)23(14-17)10-9-15-5-3-2-4-6-15/h2-8,11,17H,9-10,12,14H2,1H3. The van der Waals surface area contributed by atoms with Crippen molar-refractivity contribution in [1.82, 2.24) is 4.90 Å². The smallest absolute Gasteiger partial charge is 0.316 e. The molecule has 1 heterocycles. The third kappa shape index (κ3) is 4.45. The minimum atomic E-state index is -0.506. The van der Waals surface area contributed by atoms with E-state index in [0.29, 0.717) is 24.4 Å². The Morgan fingerprint density at radius 3 is 2.70 bits per heavy atom. The van der Waals surface area contributed by atoms with Crippen molar-refractivity contribution in [2.24, 2.45) is 5.92 Å². The lowest BCUT2D eigenvalue weighted by molar-refractivity contribution is -0.139. The maximum atomic E-state index is 12.5. The van der Waals surface area contributed by atoms with Crippen LogP contribution in [-0.4, -0.2) is 37.0 Å². The molecule has 0 bridgehead atoms. The van der Waals surface area contributed by atoms with Crippen LogP contribution in [-0.2, 0) is 16.0 Å². The molecule has 138 valence electrons. The highest BCUT2D eigenvalue weighted by Gasteiger charge is 2.35. The van der Waals surface area contributed by atoms with Crippen molar-refractivity contribution in [2.75, 3.05) is 20.2 Å². The lowest BCUT2D eigenvalue weighted by Gasteiger charge is -2.16. The summed E-state index contributed by atoms with van der Waals surface area (Å²) >= 11 is 0. The van der Waals surface area contributed by atoms with Gasteiger partial charge in [-0.05, 0) is 24.1 Å². The lowest BCUT2D eigenvalue weighted by atomic mass is 10.1. The molecule has 0 saturated carbocycles. The maximum absolute atomic E-state index is 12.5. The molecule has 6 heteroatoms. The van der Waals surface area contributed by atoms with Crippen LogP contribution in [0.25, 0.3) is 0 Å². The van der Waals surface area contributed by atoms with E-state index in [9.17, 15) is 9.59 Å². The van der Waals surface area contributed by atoms with Crippen LogP contribution in [0.2, 0.25) is 0 Å². The Hall–Kier alpha value is -3.33. The van der Waals surface area contributed by atoms with Gasteiger partial charge in [0.1, 0.15) is 0 Å². The van der Waals surface area contributed by atoms with E-state index >= 15 is 0 Å². The molecule has 1 atom stereocenters. The monoisotopic (exact) mass is 364 g/mol. The van der Waals surface area contributed by atoms with Crippen LogP contribution >= 0.6 is 0 Å². The number of methoxy groups -OCH3 is 1. The van der Waals surface area contributed by atoms with Gasteiger partial charge in [-0.25, -0.2) is 0 Å². The largest absolute Gasteiger partial charge is 0.493 e. The quantitative estimate of drug-likeness (QED) is 0.581. The van der Waals surface area contributed by atoms with E-state index in [2.05, 4.69) is 0 Å². The molecule has 0 aromatic heterocycles. The molecule has 0 radical (unpaired) electrons. The molecule has 0 aliphatic carbocycles. The molecule has 3 rings (SSSR count). The molecule has 2 aromatic rings. The first-order valence-electron chi connectivity index (χ1n) is 8.72. The van der Waals surface area contributed by atoms with Crippen molar-refractivity contribution in [3.63, 3.8) is 0 Å². The lowest BCUT2D eigenvalue weighted by Crippen LogP contribution is -2.29. The van der Waals surface area contributed by atoms with Crippen LogP contribution in [0.1, 0.15) is 17.5 Å². The Morgan fingerprint density at radius 1 is 1.22 bits per heavy atom. The number of likely N-dealkylation sites (tertiary alicyclic amines) is 1. The number of esters is 1. The first kappa shape index (κ1) is 18.5. The van der Waals surface area contributed by atoms with Gasteiger partial charge in [-0.1, -0.05) is 30.3 Å². The molecule has 1 aliphatic heterocycles. The van der Waals surface area contributed by atoms with E-state index in [1.54, 1.807) is 11.0 Å². The minimum absolute atomic E-state index is 0.0420. The minimum Gasteiger partial charge on any atom is -0.493 e. The zero-order valence-corrected chi connectivity index (χ0v) is 15.1. The third-order valence-electron chi connectivity index (χ3n) is 4.56. The van der Waals surface area contributed by atoms with Gasteiger partial charge in [0, 0.05) is 25.6 Å². The Balaban J connectivity index is 1.60. The summed E-state index contributed by atoms with van der Waals surface area (Å²) in [6, 6.07) is 16.5. The second-order valence-electron chi connectivity index (χ2n) is 6.37. The van der Waals surface area contributed by atoms with Crippen LogP contribution in [0.3, 0.4) is 0 Å². The number of hydrogen-bond donors (Lipinski definition) is 0. The molecular weight excluding hydrogens is 344 g/mol. The summed E-state index contributed by atoms with van der Waals surface area (Å²) < 4.78 is 10.6. The molecule has 27 heavy (non-hydrogen) atoms. The van der Waals surface area contributed by atoms with Crippen molar-refractivity contribution in [2.45, 2.75) is 12.8 Å². The number of rotatable bonds is 6. The van der Waals surface area contributed by atoms with Crippen LogP contribution in [0.15, 0.2) is 48.5 Å². The summed E-state index contributed by atoms with van der Waals surface area (Å²) in [6.45, 7) is 0.926. The number of carbonyl (C=O) groups excluding carboxylic acids is 2. The zero-order valence-electron chi connectivity index (χ0n) is 15.1. The first-order valence-corrected chi connectivity index (χ1v) is 8.72. The highest BCUT2D eigenvalue weighted by molar-refractivity contribution is 5.87. The molecular formula is C21H20N2O4. The van der Waals surface area contributed by atoms with Crippen LogP contribution in [0.5, 0.6) is 11.5 Å². The second-order valence-corrected chi connectivity index (χ2v) is 6.37. The molecule has 1 aliphatic rings. The van der Waals surface area contributed by atoms with Gasteiger partial charge in [0.25, 0.3) is 0 Å². The summed E-state index contributed by atoms with van der Waals surface area (Å²) in [5, 5.41) is 8.94. The van der Waals surface area contributed by atoms with Gasteiger partial charge in [0.05, 0.1) is 24.7 Å². The van der Waals surface area contributed by atoms with Crippen LogP contribution < -0.4 is 9.47 Å². The van der Waals surface area contributed by atoms with Gasteiger partial charge in [-0.2, -0.15) is 5.26 Å². The van der Waals surface area contributed by atoms with Crippen LogP contribution in [0.4, 0.5) is 0 Å². The predicted molar refractivity (Wildman–Crippen MR) is 98.2 cm³/mol. The molecule has 2 aromatic carbocycles. The summed E-state index contributed by atoms with van der Waals surface area (Å²) in [5.74, 6) is -0.453. The van der Waals surface area contributed by atoms with E-state index < -0.39 is 11.9 Å². The zero-order chi connectivity index (χ0) is 19.2. The van der Waals surface area contributed by atoms with Gasteiger partial charge >= 0.3 is 5.97 Å². The number of nitriles is 1. The van der Waals surface area contributed by atoms with Gasteiger partial charge in [-0.15, -0.1) is 0 Å². The Kier molecular flexibility index (Phi) is 5.72. The molecule has 0 N–H and O–H groups in total. The number of nitrogens with zero attached hydrogens (tertiary/aromatic N) is 2. The van der Waals surface area contributed by atoms with Crippen molar-refractivity contribution in [3.8, 4) is 17.6 Å². The molecule has 1 unspecified atom stereocenters. The van der Waals surface area contributed by atoms with Gasteiger partial charge < -0.3 is 14.4 Å². The van der Waals surface area contributed by atoms with E-state index in [4.69, 9.17) is 14.7 Å². The highest BCUT2D eigenvalue weighted by Crippen LogP contribution is 2.30. The Morgan fingerprint density at radius 2 is 2.00 bits per heavy atom.